The van der Waals surface area contributed by atoms with Crippen molar-refractivity contribution in [3.63, 3.8) is 0 Å². The van der Waals surface area contributed by atoms with E-state index in [2.05, 4.69) is 0 Å². The standard InChI is InChI=1S/C18H10ClF3N2O3/c19-12-4-6-13(7-5-12)24-16(26)14(15(25)23-17(24)27)9-10-2-1-3-11(8-10)18(20,21)22/h1-9H,(H,23,25,27)/b14-9+. The molecule has 138 valence electrons. The molecule has 0 unspecified atom stereocenters. The van der Waals surface area contributed by atoms with Gasteiger partial charge in [-0.1, -0.05) is 23.7 Å². The number of barbiturate groups is 1. The van der Waals surface area contributed by atoms with Gasteiger partial charge in [0.2, 0.25) is 0 Å². The number of benzene rings is 2. The minimum Gasteiger partial charge on any atom is -0.273 e. The molecule has 0 saturated carbocycles. The third-order valence-electron chi connectivity index (χ3n) is 3.71. The highest BCUT2D eigenvalue weighted by Crippen LogP contribution is 2.30. The molecule has 0 aromatic heterocycles. The van der Waals surface area contributed by atoms with Crippen LogP contribution < -0.4 is 10.2 Å². The second kappa shape index (κ2) is 6.88. The number of urea groups is 1. The molecule has 0 aliphatic carbocycles. The van der Waals surface area contributed by atoms with E-state index >= 15 is 0 Å². The van der Waals surface area contributed by atoms with Gasteiger partial charge in [0.25, 0.3) is 11.8 Å². The minimum atomic E-state index is -4.57. The molecule has 0 bridgehead atoms. The molecular formula is C18H10ClF3N2O3. The molecule has 1 aliphatic rings. The summed E-state index contributed by atoms with van der Waals surface area (Å²) >= 11 is 5.77. The molecule has 2 aromatic rings. The highest BCUT2D eigenvalue weighted by Gasteiger charge is 2.37. The molecule has 0 spiro atoms. The van der Waals surface area contributed by atoms with E-state index in [0.717, 1.165) is 24.3 Å². The van der Waals surface area contributed by atoms with Crippen molar-refractivity contribution in [2.45, 2.75) is 6.18 Å². The van der Waals surface area contributed by atoms with Crippen LogP contribution in [0.15, 0.2) is 54.1 Å². The van der Waals surface area contributed by atoms with Gasteiger partial charge in [-0.3, -0.25) is 14.9 Å². The van der Waals surface area contributed by atoms with Crippen molar-refractivity contribution in [3.8, 4) is 0 Å². The Hall–Kier alpha value is -3.13. The van der Waals surface area contributed by atoms with E-state index in [-0.39, 0.29) is 11.3 Å². The number of alkyl halides is 3. The predicted molar refractivity (Wildman–Crippen MR) is 91.9 cm³/mol. The van der Waals surface area contributed by atoms with Crippen LogP contribution >= 0.6 is 11.6 Å². The van der Waals surface area contributed by atoms with Crippen LogP contribution in [0.5, 0.6) is 0 Å². The van der Waals surface area contributed by atoms with Gasteiger partial charge >= 0.3 is 12.2 Å². The second-order valence-electron chi connectivity index (χ2n) is 5.56. The summed E-state index contributed by atoms with van der Waals surface area (Å²) in [5.41, 5.74) is -1.24. The van der Waals surface area contributed by atoms with Crippen molar-refractivity contribution in [2.75, 3.05) is 4.90 Å². The molecule has 2 aromatic carbocycles. The van der Waals surface area contributed by atoms with Gasteiger partial charge in [0.1, 0.15) is 5.57 Å². The predicted octanol–water partition coefficient (Wildman–Crippen LogP) is 4.03. The lowest BCUT2D eigenvalue weighted by atomic mass is 10.0. The molecule has 27 heavy (non-hydrogen) atoms. The number of halogens is 4. The minimum absolute atomic E-state index is 0.00581. The molecule has 3 rings (SSSR count). The van der Waals surface area contributed by atoms with Crippen LogP contribution in [0, 0.1) is 0 Å². The summed E-state index contributed by atoms with van der Waals surface area (Å²) in [4.78, 5) is 37.4. The largest absolute Gasteiger partial charge is 0.416 e. The SMILES string of the molecule is O=C1NC(=O)N(c2ccc(Cl)cc2)C(=O)/C1=C/c1cccc(C(F)(F)F)c1. The van der Waals surface area contributed by atoms with Crippen molar-refractivity contribution in [2.24, 2.45) is 0 Å². The summed E-state index contributed by atoms with van der Waals surface area (Å²) in [6.07, 6.45) is -3.57. The lowest BCUT2D eigenvalue weighted by Gasteiger charge is -2.26. The van der Waals surface area contributed by atoms with Crippen molar-refractivity contribution in [3.05, 3.63) is 70.3 Å². The summed E-state index contributed by atoms with van der Waals surface area (Å²) in [5, 5.41) is 2.37. The van der Waals surface area contributed by atoms with E-state index in [1.165, 1.54) is 30.3 Å². The van der Waals surface area contributed by atoms with Crippen LogP contribution in [0.2, 0.25) is 5.02 Å². The molecule has 1 heterocycles. The van der Waals surface area contributed by atoms with Crippen LogP contribution in [0.3, 0.4) is 0 Å². The number of hydrogen-bond donors (Lipinski definition) is 1. The Morgan fingerprint density at radius 2 is 1.67 bits per heavy atom. The van der Waals surface area contributed by atoms with Crippen LogP contribution in [0.1, 0.15) is 11.1 Å². The third kappa shape index (κ3) is 3.85. The first-order valence-corrected chi connectivity index (χ1v) is 7.89. The Morgan fingerprint density at radius 1 is 1.00 bits per heavy atom. The smallest absolute Gasteiger partial charge is 0.273 e. The average molecular weight is 395 g/mol. The molecule has 4 amide bonds. The summed E-state index contributed by atoms with van der Waals surface area (Å²) in [6.45, 7) is 0. The van der Waals surface area contributed by atoms with Crippen molar-refractivity contribution < 1.29 is 27.6 Å². The molecule has 0 atom stereocenters. The molecule has 5 nitrogen and oxygen atoms in total. The van der Waals surface area contributed by atoms with Gasteiger partial charge in [-0.25, -0.2) is 9.69 Å². The lowest BCUT2D eigenvalue weighted by molar-refractivity contribution is -0.137. The molecular weight excluding hydrogens is 385 g/mol. The molecule has 1 N–H and O–H groups in total. The van der Waals surface area contributed by atoms with E-state index in [0.29, 0.717) is 9.92 Å². The number of hydrogen-bond acceptors (Lipinski definition) is 3. The van der Waals surface area contributed by atoms with Crippen molar-refractivity contribution >= 4 is 41.2 Å². The molecule has 1 fully saturated rings. The third-order valence-corrected chi connectivity index (χ3v) is 3.96. The number of carbonyl (C=O) groups excluding carboxylic acids is 3. The number of carbonyl (C=O) groups is 3. The lowest BCUT2D eigenvalue weighted by Crippen LogP contribution is -2.54. The number of anilines is 1. The maximum atomic E-state index is 12.8. The zero-order valence-electron chi connectivity index (χ0n) is 13.4. The zero-order chi connectivity index (χ0) is 19.8. The quantitative estimate of drug-likeness (QED) is 0.618. The first kappa shape index (κ1) is 18.7. The fourth-order valence-corrected chi connectivity index (χ4v) is 2.58. The first-order chi connectivity index (χ1) is 12.7. The zero-order valence-corrected chi connectivity index (χ0v) is 14.1. The van der Waals surface area contributed by atoms with E-state index in [9.17, 15) is 27.6 Å². The summed E-state index contributed by atoms with van der Waals surface area (Å²) in [5.74, 6) is -1.95. The Bertz CT molecular complexity index is 969. The summed E-state index contributed by atoms with van der Waals surface area (Å²) in [7, 11) is 0. The first-order valence-electron chi connectivity index (χ1n) is 7.51. The molecule has 1 aliphatic heterocycles. The highest BCUT2D eigenvalue weighted by atomic mass is 35.5. The van der Waals surface area contributed by atoms with Gasteiger partial charge in [0.15, 0.2) is 0 Å². The van der Waals surface area contributed by atoms with E-state index in [1.807, 2.05) is 5.32 Å². The van der Waals surface area contributed by atoms with E-state index in [1.54, 1.807) is 0 Å². The molecule has 1 saturated heterocycles. The monoisotopic (exact) mass is 394 g/mol. The van der Waals surface area contributed by atoms with E-state index in [4.69, 9.17) is 11.6 Å². The maximum absolute atomic E-state index is 12.8. The van der Waals surface area contributed by atoms with Gasteiger partial charge in [-0.2, -0.15) is 13.2 Å². The van der Waals surface area contributed by atoms with Gasteiger partial charge < -0.3 is 0 Å². The number of amides is 4. The Balaban J connectivity index is 2.01. The number of nitrogens with one attached hydrogen (secondary N) is 1. The number of rotatable bonds is 2. The summed E-state index contributed by atoms with van der Waals surface area (Å²) in [6, 6.07) is 8.87. The fourth-order valence-electron chi connectivity index (χ4n) is 2.45. The van der Waals surface area contributed by atoms with Crippen molar-refractivity contribution in [1.29, 1.82) is 0 Å². The Labute approximate surface area is 156 Å². The Morgan fingerprint density at radius 3 is 2.30 bits per heavy atom. The van der Waals surface area contributed by atoms with Gasteiger partial charge in [-0.15, -0.1) is 0 Å². The normalized spacial score (nSPS) is 16.7. The second-order valence-corrected chi connectivity index (χ2v) is 5.99. The highest BCUT2D eigenvalue weighted by molar-refractivity contribution is 6.39. The van der Waals surface area contributed by atoms with Gasteiger partial charge in [0.05, 0.1) is 11.3 Å². The van der Waals surface area contributed by atoms with Crippen LogP contribution in [-0.2, 0) is 15.8 Å². The van der Waals surface area contributed by atoms with Gasteiger partial charge in [-0.05, 0) is 48.0 Å². The van der Waals surface area contributed by atoms with Crippen molar-refractivity contribution in [1.82, 2.24) is 5.32 Å². The van der Waals surface area contributed by atoms with Crippen LogP contribution in [-0.4, -0.2) is 17.8 Å². The van der Waals surface area contributed by atoms with E-state index < -0.39 is 35.2 Å². The number of imide groups is 2. The van der Waals surface area contributed by atoms with Gasteiger partial charge in [0, 0.05) is 5.02 Å². The average Bonchev–Trinajstić information content (AvgIpc) is 2.60. The number of nitrogens with zero attached hydrogens (tertiary/aromatic N) is 1. The fraction of sp³-hybridized carbons (Fsp3) is 0.0556. The molecule has 9 heteroatoms. The summed E-state index contributed by atoms with van der Waals surface area (Å²) < 4.78 is 38.5. The van der Waals surface area contributed by atoms with Crippen LogP contribution in [0.25, 0.3) is 6.08 Å². The maximum Gasteiger partial charge on any atom is 0.416 e. The Kier molecular flexibility index (Phi) is 4.75. The topological polar surface area (TPSA) is 66.5 Å². The van der Waals surface area contributed by atoms with Crippen LogP contribution in [0.4, 0.5) is 23.7 Å². The molecule has 0 radical (unpaired) electrons.